The van der Waals surface area contributed by atoms with Crippen LogP contribution in [0.2, 0.25) is 0 Å². The van der Waals surface area contributed by atoms with Gasteiger partial charge in [-0.05, 0) is 99.5 Å². The fraction of sp³-hybridized carbons (Fsp3) is 0.209. The molecule has 9 heteroatoms. The highest BCUT2D eigenvalue weighted by atomic mass is 16.5. The van der Waals surface area contributed by atoms with Gasteiger partial charge < -0.3 is 14.5 Å². The third-order valence-corrected chi connectivity index (χ3v) is 8.48. The van der Waals surface area contributed by atoms with E-state index in [4.69, 9.17) is 4.74 Å². The number of ether oxygens (including phenoxy) is 1. The first-order valence-electron chi connectivity index (χ1n) is 17.5. The molecular formula is C43H46N6O3. The first-order chi connectivity index (χ1) is 25.2. The largest absolute Gasteiger partial charge is 0.476 e. The van der Waals surface area contributed by atoms with Gasteiger partial charge in [0.15, 0.2) is 0 Å². The maximum Gasteiger partial charge on any atom is 0.284 e. The molecule has 9 nitrogen and oxygen atoms in total. The van der Waals surface area contributed by atoms with E-state index in [0.717, 1.165) is 47.0 Å². The Bertz CT molecular complexity index is 1980. The maximum atomic E-state index is 12.9. The molecule has 0 unspecified atom stereocenters. The van der Waals surface area contributed by atoms with Crippen LogP contribution in [-0.4, -0.2) is 57.2 Å². The zero-order chi connectivity index (χ0) is 37.0. The lowest BCUT2D eigenvalue weighted by Crippen LogP contribution is -2.21. The van der Waals surface area contributed by atoms with Crippen LogP contribution in [0.15, 0.2) is 143 Å². The summed E-state index contributed by atoms with van der Waals surface area (Å²) < 4.78 is 5.62. The molecule has 0 saturated heterocycles. The average Bonchev–Trinajstić information content (AvgIpc) is 3.63. The molecule has 0 radical (unpaired) electrons. The molecule has 0 aromatic heterocycles. The highest BCUT2D eigenvalue weighted by Crippen LogP contribution is 2.27. The van der Waals surface area contributed by atoms with Crippen LogP contribution < -0.4 is 19.8 Å². The van der Waals surface area contributed by atoms with Crippen molar-refractivity contribution >= 4 is 58.3 Å². The van der Waals surface area contributed by atoms with E-state index in [1.54, 1.807) is 0 Å². The van der Waals surface area contributed by atoms with E-state index < -0.39 is 0 Å². The van der Waals surface area contributed by atoms with Gasteiger partial charge in [0.25, 0.3) is 11.8 Å². The molecule has 2 amide bonds. The monoisotopic (exact) mass is 694 g/mol. The Morgan fingerprint density at radius 2 is 1.17 bits per heavy atom. The summed E-state index contributed by atoms with van der Waals surface area (Å²) in [6, 6.07) is 35.3. The van der Waals surface area contributed by atoms with Crippen LogP contribution in [0.5, 0.6) is 0 Å². The summed E-state index contributed by atoms with van der Waals surface area (Å²) in [5.41, 5.74) is 7.66. The molecule has 0 saturated carbocycles. The molecular weight excluding hydrogens is 649 g/mol. The second-order valence-corrected chi connectivity index (χ2v) is 12.2. The van der Waals surface area contributed by atoms with Crippen LogP contribution in [0.25, 0.3) is 12.2 Å². The van der Waals surface area contributed by atoms with E-state index in [9.17, 15) is 9.59 Å². The van der Waals surface area contributed by atoms with Crippen LogP contribution in [0.3, 0.4) is 0 Å². The van der Waals surface area contributed by atoms with Crippen molar-refractivity contribution in [2.45, 2.75) is 27.7 Å². The number of anilines is 4. The minimum Gasteiger partial charge on any atom is -0.476 e. The van der Waals surface area contributed by atoms with Gasteiger partial charge in [-0.1, -0.05) is 72.8 Å². The number of para-hydroxylation sites is 2. The summed E-state index contributed by atoms with van der Waals surface area (Å²) in [4.78, 5) is 29.8. The van der Waals surface area contributed by atoms with E-state index in [1.165, 1.54) is 15.7 Å². The first-order valence-corrected chi connectivity index (χ1v) is 17.5. The fourth-order valence-electron chi connectivity index (χ4n) is 5.64. The molecule has 0 spiro atoms. The third kappa shape index (κ3) is 8.92. The minimum absolute atomic E-state index is 0.101. The Kier molecular flexibility index (Phi) is 12.6. The van der Waals surface area contributed by atoms with Crippen molar-refractivity contribution in [1.29, 1.82) is 0 Å². The Hall–Kier alpha value is -6.22. The Morgan fingerprint density at radius 1 is 0.654 bits per heavy atom. The topological polar surface area (TPSA) is 81.0 Å². The van der Waals surface area contributed by atoms with Crippen molar-refractivity contribution < 1.29 is 14.3 Å². The van der Waals surface area contributed by atoms with Crippen LogP contribution in [0.4, 0.5) is 22.7 Å². The second-order valence-electron chi connectivity index (χ2n) is 12.2. The number of hydrogen-bond donors (Lipinski definition) is 0. The molecule has 0 aliphatic carbocycles. The van der Waals surface area contributed by atoms with Gasteiger partial charge >= 0.3 is 0 Å². The third-order valence-electron chi connectivity index (χ3n) is 8.48. The van der Waals surface area contributed by atoms with Crippen LogP contribution in [0, 0.1) is 0 Å². The Labute approximate surface area is 307 Å². The van der Waals surface area contributed by atoms with Crippen molar-refractivity contribution in [2.24, 2.45) is 10.2 Å². The lowest BCUT2D eigenvalue weighted by Gasteiger charge is -2.20. The Morgan fingerprint density at radius 3 is 1.71 bits per heavy atom. The Balaban J connectivity index is 0.000000202. The average molecular weight is 695 g/mol. The van der Waals surface area contributed by atoms with Gasteiger partial charge in [-0.2, -0.15) is 15.1 Å². The van der Waals surface area contributed by atoms with Crippen LogP contribution in [0.1, 0.15) is 38.8 Å². The first kappa shape index (κ1) is 37.0. The highest BCUT2D eigenvalue weighted by molar-refractivity contribution is 6.31. The van der Waals surface area contributed by atoms with Gasteiger partial charge in [0.1, 0.15) is 5.57 Å². The van der Waals surface area contributed by atoms with Crippen LogP contribution >= 0.6 is 0 Å². The van der Waals surface area contributed by atoms with Gasteiger partial charge in [0.05, 0.1) is 29.3 Å². The van der Waals surface area contributed by atoms with Crippen LogP contribution in [-0.2, 0) is 14.3 Å². The van der Waals surface area contributed by atoms with Gasteiger partial charge in [0, 0.05) is 38.6 Å². The summed E-state index contributed by atoms with van der Waals surface area (Å²) in [7, 11) is 4.03. The van der Waals surface area contributed by atoms with Gasteiger partial charge in [-0.15, -0.1) is 5.10 Å². The fourth-order valence-corrected chi connectivity index (χ4v) is 5.64. The zero-order valence-corrected chi connectivity index (χ0v) is 30.7. The number of nitrogens with zero attached hydrogens (tertiary/aromatic N) is 6. The second kappa shape index (κ2) is 17.6. The van der Waals surface area contributed by atoms with Gasteiger partial charge in [-0.3, -0.25) is 9.59 Å². The standard InChI is InChI=1S/C22H25N3O2.C21H21N3O/c1-4-24(5-2)18-14-12-17(13-15-18)16-20-21(27-6-3)23-25(22(20)26)19-10-8-7-9-11-19;1-16-20(21(25)24(22-16)19-9-5-4-6-10-19)11-7-8-17-12-14-18(15-13-17)23(2)3/h7-16H,4-6H2,1-3H3;4-15H,1-3H3/b;8-7+,20-11-. The predicted molar refractivity (Wildman–Crippen MR) is 216 cm³/mol. The number of hydrogen-bond acceptors (Lipinski definition) is 7. The molecule has 266 valence electrons. The summed E-state index contributed by atoms with van der Waals surface area (Å²) in [5, 5.41) is 11.6. The molecule has 0 fully saturated rings. The predicted octanol–water partition coefficient (Wildman–Crippen LogP) is 8.43. The van der Waals surface area contributed by atoms with E-state index in [2.05, 4.69) is 70.2 Å². The van der Waals surface area contributed by atoms with E-state index in [0.29, 0.717) is 23.7 Å². The van der Waals surface area contributed by atoms with E-state index >= 15 is 0 Å². The quantitative estimate of drug-likeness (QED) is 0.156. The molecule has 2 heterocycles. The minimum atomic E-state index is -0.183. The SMILES string of the molecule is CC1=NN(c2ccccc2)C(=O)/C1=C\C=C\c1ccc(N(C)C)cc1.CCOC1=NN(c2ccccc2)C(=O)C1=Cc1ccc(N(CC)CC)cc1. The smallest absolute Gasteiger partial charge is 0.284 e. The van der Waals surface area contributed by atoms with E-state index in [1.807, 2.05) is 125 Å². The molecule has 0 atom stereocenters. The lowest BCUT2D eigenvalue weighted by molar-refractivity contribution is -0.115. The molecule has 52 heavy (non-hydrogen) atoms. The molecule has 4 aromatic rings. The molecule has 2 aliphatic heterocycles. The molecule has 0 bridgehead atoms. The summed E-state index contributed by atoms with van der Waals surface area (Å²) in [6.45, 7) is 10.4. The van der Waals surface area contributed by atoms with Gasteiger partial charge in [-0.25, -0.2) is 0 Å². The zero-order valence-electron chi connectivity index (χ0n) is 30.7. The number of allylic oxidation sites excluding steroid dienone is 2. The molecule has 2 aliphatic rings. The highest BCUT2D eigenvalue weighted by Gasteiger charge is 2.32. The number of hydrazone groups is 2. The van der Waals surface area contributed by atoms with Crippen molar-refractivity contribution in [3.05, 3.63) is 144 Å². The van der Waals surface area contributed by atoms with Crippen molar-refractivity contribution in [3.8, 4) is 0 Å². The molecule has 0 N–H and O–H groups in total. The number of carbonyl (C=O) groups excluding carboxylic acids is 2. The number of rotatable bonds is 10. The molecule has 4 aromatic carbocycles. The summed E-state index contributed by atoms with van der Waals surface area (Å²) in [6.07, 6.45) is 7.54. The number of carbonyl (C=O) groups is 2. The number of amides is 2. The van der Waals surface area contributed by atoms with Gasteiger partial charge in [0.2, 0.25) is 5.90 Å². The van der Waals surface area contributed by atoms with Crippen molar-refractivity contribution in [2.75, 3.05) is 53.6 Å². The number of benzene rings is 4. The normalized spacial score (nSPS) is 15.6. The lowest BCUT2D eigenvalue weighted by atomic mass is 10.1. The van der Waals surface area contributed by atoms with Crippen molar-refractivity contribution in [1.82, 2.24) is 0 Å². The molecule has 6 rings (SSSR count). The van der Waals surface area contributed by atoms with Crippen molar-refractivity contribution in [3.63, 3.8) is 0 Å². The summed E-state index contributed by atoms with van der Waals surface area (Å²) >= 11 is 0. The van der Waals surface area contributed by atoms with E-state index in [-0.39, 0.29) is 11.8 Å². The summed E-state index contributed by atoms with van der Waals surface area (Å²) in [5.74, 6) is 0.0768. The maximum absolute atomic E-state index is 12.9.